The molecule has 0 saturated heterocycles. The van der Waals surface area contributed by atoms with E-state index in [0.717, 1.165) is 11.3 Å². The molecule has 0 amide bonds. The van der Waals surface area contributed by atoms with E-state index in [1.807, 2.05) is 0 Å². The highest BCUT2D eigenvalue weighted by Gasteiger charge is 2.35. The summed E-state index contributed by atoms with van der Waals surface area (Å²) in [4.78, 5) is 42.5. The summed E-state index contributed by atoms with van der Waals surface area (Å²) >= 11 is 7.41. The van der Waals surface area contributed by atoms with Crippen molar-refractivity contribution < 1.29 is 23.6 Å². The zero-order valence-corrected chi connectivity index (χ0v) is 22.4. The van der Waals surface area contributed by atoms with Crippen LogP contribution in [0, 0.1) is 10.1 Å². The molecule has 2 aromatic carbocycles. The summed E-state index contributed by atoms with van der Waals surface area (Å²) in [5.41, 5.74) is 0.841. The van der Waals surface area contributed by atoms with E-state index >= 15 is 0 Å². The fraction of sp³-hybridized carbons (Fsp3) is 0.148. The first-order valence-electron chi connectivity index (χ1n) is 11.5. The zero-order valence-electron chi connectivity index (χ0n) is 20.8. The fourth-order valence-electron chi connectivity index (χ4n) is 4.45. The molecule has 5 rings (SSSR count). The normalized spacial score (nSPS) is 15.1. The molecule has 1 aliphatic heterocycles. The third-order valence-electron chi connectivity index (χ3n) is 6.18. The largest absolute Gasteiger partial charge is 0.496 e. The lowest BCUT2D eigenvalue weighted by atomic mass is 9.95. The second-order valence-corrected chi connectivity index (χ2v) is 9.88. The van der Waals surface area contributed by atoms with Gasteiger partial charge < -0.3 is 13.9 Å². The lowest BCUT2D eigenvalue weighted by molar-refractivity contribution is -0.384. The van der Waals surface area contributed by atoms with Gasteiger partial charge in [-0.3, -0.25) is 19.5 Å². The quantitative estimate of drug-likeness (QED) is 0.194. The summed E-state index contributed by atoms with van der Waals surface area (Å²) in [6, 6.07) is 13.5. The van der Waals surface area contributed by atoms with Gasteiger partial charge in [0.05, 0.1) is 40.5 Å². The van der Waals surface area contributed by atoms with Crippen molar-refractivity contribution in [2.24, 2.45) is 4.99 Å². The number of nitro benzene ring substituents is 1. The van der Waals surface area contributed by atoms with E-state index in [9.17, 15) is 19.7 Å². The minimum atomic E-state index is -0.913. The van der Waals surface area contributed by atoms with Crippen molar-refractivity contribution >= 4 is 40.7 Å². The average molecular weight is 566 g/mol. The summed E-state index contributed by atoms with van der Waals surface area (Å²) in [5.74, 6) is 0.383. The Labute approximate surface area is 229 Å². The second kappa shape index (κ2) is 10.4. The minimum Gasteiger partial charge on any atom is -0.496 e. The highest BCUT2D eigenvalue weighted by Crippen LogP contribution is 2.37. The van der Waals surface area contributed by atoms with Crippen LogP contribution in [-0.4, -0.2) is 29.7 Å². The van der Waals surface area contributed by atoms with Crippen LogP contribution in [0.15, 0.2) is 80.1 Å². The topological polar surface area (TPSA) is 126 Å². The maximum Gasteiger partial charge on any atom is 0.338 e. The van der Waals surface area contributed by atoms with Crippen LogP contribution in [-0.2, 0) is 9.53 Å². The molecule has 12 heteroatoms. The number of hydrogen-bond acceptors (Lipinski definition) is 9. The molecule has 4 aromatic rings. The number of furan rings is 1. The molecule has 0 spiro atoms. The molecule has 0 unspecified atom stereocenters. The van der Waals surface area contributed by atoms with Crippen molar-refractivity contribution in [3.05, 3.63) is 112 Å². The molecule has 198 valence electrons. The smallest absolute Gasteiger partial charge is 0.338 e. The van der Waals surface area contributed by atoms with E-state index in [4.69, 9.17) is 25.5 Å². The molecular weight excluding hydrogens is 546 g/mol. The van der Waals surface area contributed by atoms with E-state index < -0.39 is 22.5 Å². The van der Waals surface area contributed by atoms with Gasteiger partial charge in [0.15, 0.2) is 4.80 Å². The molecule has 2 aromatic heterocycles. The predicted octanol–water partition coefficient (Wildman–Crippen LogP) is 4.24. The number of para-hydroxylation sites is 1. The molecule has 39 heavy (non-hydrogen) atoms. The van der Waals surface area contributed by atoms with Crippen LogP contribution < -0.4 is 19.6 Å². The second-order valence-electron chi connectivity index (χ2n) is 8.44. The van der Waals surface area contributed by atoms with Crippen LogP contribution in [0.3, 0.4) is 0 Å². The highest BCUT2D eigenvalue weighted by molar-refractivity contribution is 7.07. The van der Waals surface area contributed by atoms with Gasteiger partial charge in [-0.1, -0.05) is 35.1 Å². The molecule has 0 saturated carbocycles. The first-order chi connectivity index (χ1) is 18.7. The van der Waals surface area contributed by atoms with Gasteiger partial charge in [-0.15, -0.1) is 0 Å². The molecule has 0 bridgehead atoms. The first kappa shape index (κ1) is 26.1. The van der Waals surface area contributed by atoms with Crippen molar-refractivity contribution in [1.29, 1.82) is 0 Å². The zero-order chi connectivity index (χ0) is 27.8. The molecule has 1 aliphatic rings. The number of nitro groups is 1. The van der Waals surface area contributed by atoms with Crippen molar-refractivity contribution in [2.45, 2.75) is 13.0 Å². The van der Waals surface area contributed by atoms with E-state index in [2.05, 4.69) is 4.99 Å². The Kier molecular flexibility index (Phi) is 6.94. The van der Waals surface area contributed by atoms with Gasteiger partial charge >= 0.3 is 5.97 Å². The third-order valence-corrected chi connectivity index (χ3v) is 7.40. The number of thiazole rings is 1. The first-order valence-corrected chi connectivity index (χ1v) is 12.7. The average Bonchev–Trinajstić information content (AvgIpc) is 3.51. The van der Waals surface area contributed by atoms with Gasteiger partial charge in [0.25, 0.3) is 11.2 Å². The van der Waals surface area contributed by atoms with Crippen molar-refractivity contribution in [2.75, 3.05) is 14.2 Å². The third kappa shape index (κ3) is 4.66. The molecular formula is C27H20ClN3O7S. The Bertz CT molecular complexity index is 1850. The number of carbonyl (C=O) groups is 1. The predicted molar refractivity (Wildman–Crippen MR) is 145 cm³/mol. The summed E-state index contributed by atoms with van der Waals surface area (Å²) in [5, 5.41) is 11.8. The van der Waals surface area contributed by atoms with Crippen LogP contribution >= 0.6 is 22.9 Å². The number of aromatic nitrogens is 1. The number of methoxy groups -OCH3 is 2. The Hall–Kier alpha value is -4.48. The monoisotopic (exact) mass is 565 g/mol. The van der Waals surface area contributed by atoms with Crippen LogP contribution in [0.2, 0.25) is 5.02 Å². The number of carbonyl (C=O) groups excluding carboxylic acids is 1. The van der Waals surface area contributed by atoms with Gasteiger partial charge in [0.2, 0.25) is 0 Å². The van der Waals surface area contributed by atoms with Gasteiger partial charge in [-0.25, -0.2) is 9.79 Å². The molecule has 0 fully saturated rings. The molecule has 10 nitrogen and oxygen atoms in total. The van der Waals surface area contributed by atoms with Crippen molar-refractivity contribution in [3.8, 4) is 17.1 Å². The molecule has 0 N–H and O–H groups in total. The Morgan fingerprint density at radius 2 is 1.97 bits per heavy atom. The van der Waals surface area contributed by atoms with E-state index in [1.165, 1.54) is 30.9 Å². The number of esters is 1. The molecule has 3 heterocycles. The number of rotatable bonds is 6. The van der Waals surface area contributed by atoms with Crippen molar-refractivity contribution in [3.63, 3.8) is 0 Å². The number of benzene rings is 2. The number of allylic oxidation sites excluding steroid dienone is 1. The Balaban J connectivity index is 1.68. The van der Waals surface area contributed by atoms with E-state index in [-0.39, 0.29) is 21.6 Å². The van der Waals surface area contributed by atoms with Gasteiger partial charge in [-0.05, 0) is 43.3 Å². The fourth-order valence-corrected chi connectivity index (χ4v) is 5.66. The maximum absolute atomic E-state index is 13.8. The maximum atomic E-state index is 13.8. The standard InChI is InChI=1S/C27H20ClN3O7S/c1-14-23(26(33)37-3)24(18-12-15(28)8-10-20(18)36-2)30-25(32)22(39-27(30)29-14)13-16-9-11-21(38-16)17-6-4-5-7-19(17)31(34)35/h4-13,24H,1-3H3/b22-13-/t24-/m0/s1. The molecule has 0 aliphatic carbocycles. The van der Waals surface area contributed by atoms with Gasteiger partial charge in [-0.2, -0.15) is 0 Å². The Morgan fingerprint density at radius 3 is 2.69 bits per heavy atom. The SMILES string of the molecule is COC(=O)C1=C(C)N=c2s/c(=C\c3ccc(-c4ccccc4[N+](=O)[O-])o3)c(=O)n2[C@H]1c1cc(Cl)ccc1OC. The summed E-state index contributed by atoms with van der Waals surface area (Å²) in [6.07, 6.45) is 1.53. The minimum absolute atomic E-state index is 0.0981. The number of fused-ring (bicyclic) bond motifs is 1. The summed E-state index contributed by atoms with van der Waals surface area (Å²) in [7, 11) is 2.74. The highest BCUT2D eigenvalue weighted by atomic mass is 35.5. The Morgan fingerprint density at radius 1 is 1.21 bits per heavy atom. The lowest BCUT2D eigenvalue weighted by Crippen LogP contribution is -2.40. The number of hydrogen-bond donors (Lipinski definition) is 0. The van der Waals surface area contributed by atoms with Crippen LogP contribution in [0.1, 0.15) is 24.3 Å². The van der Waals surface area contributed by atoms with Gasteiger partial charge in [0.1, 0.15) is 23.3 Å². The van der Waals surface area contributed by atoms with Gasteiger partial charge in [0, 0.05) is 22.7 Å². The van der Waals surface area contributed by atoms with E-state index in [0.29, 0.717) is 38.2 Å². The van der Waals surface area contributed by atoms with Crippen LogP contribution in [0.4, 0.5) is 5.69 Å². The molecule has 0 radical (unpaired) electrons. The number of nitrogens with zero attached hydrogens (tertiary/aromatic N) is 3. The van der Waals surface area contributed by atoms with Crippen molar-refractivity contribution in [1.82, 2.24) is 4.57 Å². The summed E-state index contributed by atoms with van der Waals surface area (Å²) < 4.78 is 18.1. The molecule has 1 atom stereocenters. The van der Waals surface area contributed by atoms with Crippen LogP contribution in [0.25, 0.3) is 17.4 Å². The van der Waals surface area contributed by atoms with Crippen LogP contribution in [0.5, 0.6) is 5.75 Å². The number of ether oxygens (including phenoxy) is 2. The number of halogens is 1. The summed E-state index contributed by atoms with van der Waals surface area (Å²) in [6.45, 7) is 1.67. The van der Waals surface area contributed by atoms with E-state index in [1.54, 1.807) is 55.5 Å². The lowest BCUT2D eigenvalue weighted by Gasteiger charge is -2.25.